The average Bonchev–Trinajstić information content (AvgIpc) is 2.77. The van der Waals surface area contributed by atoms with Gasteiger partial charge in [0.1, 0.15) is 0 Å². The molecular formula is C24H44O13. The van der Waals surface area contributed by atoms with Gasteiger partial charge in [-0.15, -0.1) is 0 Å². The molecule has 13 nitrogen and oxygen atoms in total. The second-order valence-electron chi connectivity index (χ2n) is 7.99. The lowest BCUT2D eigenvalue weighted by Gasteiger charge is -2.18. The molecule has 0 aliphatic carbocycles. The molecule has 0 aliphatic heterocycles. The first-order valence-electron chi connectivity index (χ1n) is 12.1. The highest BCUT2D eigenvalue weighted by Crippen LogP contribution is 2.15. The van der Waals surface area contributed by atoms with Crippen LogP contribution in [0.1, 0.15) is 111 Å². The van der Waals surface area contributed by atoms with E-state index in [1.165, 1.54) is 32.1 Å². The summed E-state index contributed by atoms with van der Waals surface area (Å²) in [6.45, 7) is 5.77. The van der Waals surface area contributed by atoms with Gasteiger partial charge in [-0.25, -0.2) is 4.79 Å². The zero-order valence-corrected chi connectivity index (χ0v) is 22.0. The molecule has 0 rings (SSSR count). The Balaban J connectivity index is -0.000000209. The van der Waals surface area contributed by atoms with E-state index in [1.807, 2.05) is 6.92 Å². The van der Waals surface area contributed by atoms with Crippen LogP contribution in [-0.2, 0) is 28.8 Å². The first kappa shape index (κ1) is 40.9. The molecule has 0 bridgehead atoms. The second-order valence-corrected chi connectivity index (χ2v) is 7.99. The quantitative estimate of drug-likeness (QED) is 0.130. The van der Waals surface area contributed by atoms with E-state index in [0.717, 1.165) is 25.7 Å². The lowest BCUT2D eigenvalue weighted by molar-refractivity contribution is -0.170. The van der Waals surface area contributed by atoms with Crippen LogP contribution >= 0.6 is 0 Å². The number of unbranched alkanes of at least 4 members (excludes halogenated alkanes) is 7. The zero-order valence-electron chi connectivity index (χ0n) is 22.0. The molecule has 7 N–H and O–H groups in total. The van der Waals surface area contributed by atoms with E-state index in [-0.39, 0.29) is 6.42 Å². The molecule has 0 aromatic rings. The molecule has 0 amide bonds. The van der Waals surface area contributed by atoms with Gasteiger partial charge >= 0.3 is 35.8 Å². The Morgan fingerprint density at radius 2 is 0.811 bits per heavy atom. The van der Waals surface area contributed by atoms with Crippen molar-refractivity contribution in [3.63, 3.8) is 0 Å². The van der Waals surface area contributed by atoms with Crippen molar-refractivity contribution in [2.45, 2.75) is 116 Å². The fourth-order valence-electron chi connectivity index (χ4n) is 2.28. The molecule has 0 aliphatic rings. The van der Waals surface area contributed by atoms with Crippen molar-refractivity contribution >= 4 is 35.8 Å². The topological polar surface area (TPSA) is 244 Å². The lowest BCUT2D eigenvalue weighted by atomic mass is 9.96. The SMILES string of the molecule is CCC(=O)O.CCCCC(=O)O.CCCCCCCCCC(=O)O.O=C(O)CC(O)(CC(=O)O)C(=O)O. The highest BCUT2D eigenvalue weighted by molar-refractivity contribution is 5.88. The molecule has 0 spiro atoms. The summed E-state index contributed by atoms with van der Waals surface area (Å²) in [4.78, 5) is 59.7. The molecule has 0 saturated carbocycles. The van der Waals surface area contributed by atoms with Gasteiger partial charge < -0.3 is 35.7 Å². The minimum atomic E-state index is -2.74. The summed E-state index contributed by atoms with van der Waals surface area (Å²) in [7, 11) is 0. The monoisotopic (exact) mass is 540 g/mol. The number of rotatable bonds is 17. The van der Waals surface area contributed by atoms with Crippen LogP contribution in [0.15, 0.2) is 0 Å². The number of carbonyl (C=O) groups is 6. The molecule has 13 heteroatoms. The van der Waals surface area contributed by atoms with Crippen molar-refractivity contribution in [2.75, 3.05) is 0 Å². The first-order chi connectivity index (χ1) is 17.1. The van der Waals surface area contributed by atoms with Crippen LogP contribution in [0.5, 0.6) is 0 Å². The third kappa shape index (κ3) is 40.2. The second kappa shape index (κ2) is 27.4. The summed E-state index contributed by atoms with van der Waals surface area (Å²) in [5, 5.41) is 57.9. The number of carboxylic acid groups (broad SMARTS) is 6. The number of hydrogen-bond donors (Lipinski definition) is 7. The van der Waals surface area contributed by atoms with Crippen LogP contribution in [0, 0.1) is 0 Å². The number of hydrogen-bond acceptors (Lipinski definition) is 7. The van der Waals surface area contributed by atoms with Gasteiger partial charge in [0.2, 0.25) is 0 Å². The maximum Gasteiger partial charge on any atom is 0.336 e. The minimum Gasteiger partial charge on any atom is -0.481 e. The fraction of sp³-hybridized carbons (Fsp3) is 0.750. The van der Waals surface area contributed by atoms with Crippen LogP contribution in [0.2, 0.25) is 0 Å². The first-order valence-corrected chi connectivity index (χ1v) is 12.1. The van der Waals surface area contributed by atoms with Crippen molar-refractivity contribution in [1.82, 2.24) is 0 Å². The molecule has 0 aromatic carbocycles. The molecule has 218 valence electrons. The van der Waals surface area contributed by atoms with E-state index in [9.17, 15) is 28.8 Å². The molecule has 0 radical (unpaired) electrons. The average molecular weight is 541 g/mol. The highest BCUT2D eigenvalue weighted by Gasteiger charge is 2.40. The Hall–Kier alpha value is -3.22. The van der Waals surface area contributed by atoms with Gasteiger partial charge in [0, 0.05) is 19.3 Å². The van der Waals surface area contributed by atoms with E-state index in [2.05, 4.69) is 6.92 Å². The Morgan fingerprint density at radius 3 is 1.05 bits per heavy atom. The molecule has 0 fully saturated rings. The standard InChI is InChI=1S/C10H20O2.C6H8O7.C5H10O2.C3H6O2/c1-2-3-4-5-6-7-8-9-10(11)12;7-3(8)1-6(13,5(11)12)2-4(9)10;1-2-3-4-5(6)7;1-2-3(4)5/h2-9H2,1H3,(H,11,12);13H,1-2H2,(H,7,8)(H,9,10)(H,11,12);2-4H2,1H3,(H,6,7);2H2,1H3,(H,4,5). The van der Waals surface area contributed by atoms with Crippen LogP contribution < -0.4 is 0 Å². The molecule has 0 atom stereocenters. The van der Waals surface area contributed by atoms with Crippen LogP contribution in [0.3, 0.4) is 0 Å². The lowest BCUT2D eigenvalue weighted by Crippen LogP contribution is -2.42. The predicted molar refractivity (Wildman–Crippen MR) is 132 cm³/mol. The predicted octanol–water partition coefficient (Wildman–Crippen LogP) is 3.71. The highest BCUT2D eigenvalue weighted by atomic mass is 16.4. The molecule has 0 unspecified atom stereocenters. The van der Waals surface area contributed by atoms with E-state index in [1.54, 1.807) is 6.92 Å². The number of aliphatic carboxylic acids is 6. The van der Waals surface area contributed by atoms with Crippen LogP contribution in [0.4, 0.5) is 0 Å². The van der Waals surface area contributed by atoms with Gasteiger partial charge in [0.25, 0.3) is 0 Å². The Bertz CT molecular complexity index is 643. The van der Waals surface area contributed by atoms with Gasteiger partial charge in [-0.1, -0.05) is 65.7 Å². The Labute approximate surface area is 217 Å². The Kier molecular flexibility index (Phi) is 30.3. The van der Waals surface area contributed by atoms with Crippen LogP contribution in [-0.4, -0.2) is 77.2 Å². The van der Waals surface area contributed by atoms with Crippen molar-refractivity contribution in [2.24, 2.45) is 0 Å². The summed E-state index contributed by atoms with van der Waals surface area (Å²) in [5.41, 5.74) is -2.74. The maximum absolute atomic E-state index is 10.3. The summed E-state index contributed by atoms with van der Waals surface area (Å²) >= 11 is 0. The van der Waals surface area contributed by atoms with Crippen molar-refractivity contribution in [3.05, 3.63) is 0 Å². The van der Waals surface area contributed by atoms with E-state index in [4.69, 9.17) is 35.7 Å². The van der Waals surface area contributed by atoms with Crippen LogP contribution in [0.25, 0.3) is 0 Å². The largest absolute Gasteiger partial charge is 0.481 e. The van der Waals surface area contributed by atoms with Gasteiger partial charge in [-0.2, -0.15) is 0 Å². The van der Waals surface area contributed by atoms with Gasteiger partial charge in [-0.3, -0.25) is 24.0 Å². The Morgan fingerprint density at radius 1 is 0.486 bits per heavy atom. The summed E-state index contributed by atoms with van der Waals surface area (Å²) in [6, 6.07) is 0. The normalized spacial score (nSPS) is 9.73. The summed E-state index contributed by atoms with van der Waals surface area (Å²) in [6.07, 6.45) is 8.66. The zero-order chi connectivity index (χ0) is 29.9. The van der Waals surface area contributed by atoms with Crippen molar-refractivity contribution in [3.8, 4) is 0 Å². The number of aliphatic hydroxyl groups is 1. The van der Waals surface area contributed by atoms with Gasteiger partial charge in [-0.05, 0) is 12.8 Å². The third-order valence-corrected chi connectivity index (χ3v) is 4.33. The fourth-order valence-corrected chi connectivity index (χ4v) is 2.28. The summed E-state index contributed by atoms with van der Waals surface area (Å²) < 4.78 is 0. The van der Waals surface area contributed by atoms with E-state index in [0.29, 0.717) is 12.8 Å². The molecular weight excluding hydrogens is 496 g/mol. The number of carboxylic acids is 6. The third-order valence-electron chi connectivity index (χ3n) is 4.33. The summed E-state index contributed by atoms with van der Waals surface area (Å²) in [5.74, 6) is -7.12. The molecule has 37 heavy (non-hydrogen) atoms. The van der Waals surface area contributed by atoms with E-state index < -0.39 is 54.3 Å². The maximum atomic E-state index is 10.3. The van der Waals surface area contributed by atoms with Crippen molar-refractivity contribution < 1.29 is 64.5 Å². The van der Waals surface area contributed by atoms with Crippen molar-refractivity contribution in [1.29, 1.82) is 0 Å². The smallest absolute Gasteiger partial charge is 0.336 e. The minimum absolute atomic E-state index is 0.222. The van der Waals surface area contributed by atoms with Gasteiger partial charge in [0.15, 0.2) is 5.60 Å². The van der Waals surface area contributed by atoms with Gasteiger partial charge in [0.05, 0.1) is 12.8 Å². The molecule has 0 heterocycles. The molecule has 0 aromatic heterocycles. The molecule has 0 saturated heterocycles. The van der Waals surface area contributed by atoms with E-state index >= 15 is 0 Å².